The molecule has 2 atom stereocenters. The van der Waals surface area contributed by atoms with Crippen LogP contribution < -0.4 is 4.90 Å². The summed E-state index contributed by atoms with van der Waals surface area (Å²) in [7, 11) is 0. The van der Waals surface area contributed by atoms with Gasteiger partial charge in [-0.3, -0.25) is 9.59 Å². The van der Waals surface area contributed by atoms with Crippen molar-refractivity contribution in [3.8, 4) is 0 Å². The van der Waals surface area contributed by atoms with E-state index in [0.29, 0.717) is 12.3 Å². The quantitative estimate of drug-likeness (QED) is 0.556. The van der Waals surface area contributed by atoms with Gasteiger partial charge in [-0.1, -0.05) is 30.0 Å². The van der Waals surface area contributed by atoms with Gasteiger partial charge in [0.1, 0.15) is 0 Å². The van der Waals surface area contributed by atoms with E-state index in [4.69, 9.17) is 4.74 Å². The summed E-state index contributed by atoms with van der Waals surface area (Å²) in [6.45, 7) is 6.14. The van der Waals surface area contributed by atoms with Gasteiger partial charge >= 0.3 is 5.97 Å². The topological polar surface area (TPSA) is 59.5 Å². The van der Waals surface area contributed by atoms with Gasteiger partial charge in [0, 0.05) is 17.1 Å². The molecular weight excluding hydrogens is 368 g/mol. The molecule has 0 radical (unpaired) electrons. The summed E-state index contributed by atoms with van der Waals surface area (Å²) in [6.07, 6.45) is 1.06. The van der Waals surface area contributed by atoms with Gasteiger partial charge in [0.15, 0.2) is 4.34 Å². The van der Waals surface area contributed by atoms with E-state index in [1.54, 1.807) is 6.92 Å². The monoisotopic (exact) mass is 390 g/mol. The van der Waals surface area contributed by atoms with E-state index in [2.05, 4.69) is 18.0 Å². The molecule has 26 heavy (non-hydrogen) atoms. The number of carbonyl (C=O) groups is 2. The third-order valence-electron chi connectivity index (χ3n) is 4.23. The Kier molecular flexibility index (Phi) is 5.98. The Bertz CT molecular complexity index is 806. The van der Waals surface area contributed by atoms with Crippen molar-refractivity contribution < 1.29 is 14.3 Å². The molecule has 3 rings (SSSR count). The van der Waals surface area contributed by atoms with Crippen molar-refractivity contribution >= 4 is 40.7 Å². The Morgan fingerprint density at radius 3 is 2.96 bits per heavy atom. The van der Waals surface area contributed by atoms with Gasteiger partial charge in [0.2, 0.25) is 5.91 Å². The summed E-state index contributed by atoms with van der Waals surface area (Å²) in [5.74, 6) is -0.185. The summed E-state index contributed by atoms with van der Waals surface area (Å²) in [6, 6.07) is 8.24. The van der Waals surface area contributed by atoms with Crippen molar-refractivity contribution in [3.63, 3.8) is 0 Å². The van der Waals surface area contributed by atoms with Gasteiger partial charge in [-0.25, -0.2) is 4.98 Å². The van der Waals surface area contributed by atoms with Crippen molar-refractivity contribution in [1.29, 1.82) is 0 Å². The van der Waals surface area contributed by atoms with Crippen LogP contribution in [0.15, 0.2) is 34.0 Å². The fourth-order valence-electron chi connectivity index (χ4n) is 3.08. The van der Waals surface area contributed by atoms with Gasteiger partial charge in [-0.05, 0) is 38.8 Å². The first-order valence-electron chi connectivity index (χ1n) is 8.67. The number of nitrogens with zero attached hydrogens (tertiary/aromatic N) is 2. The molecule has 1 aliphatic rings. The maximum Gasteiger partial charge on any atom is 0.311 e. The van der Waals surface area contributed by atoms with Crippen LogP contribution in [0.2, 0.25) is 0 Å². The third kappa shape index (κ3) is 4.10. The number of aromatic nitrogens is 1. The van der Waals surface area contributed by atoms with E-state index < -0.39 is 0 Å². The van der Waals surface area contributed by atoms with Crippen LogP contribution >= 0.6 is 23.1 Å². The zero-order valence-corrected chi connectivity index (χ0v) is 16.7. The number of thioether (sulfide) groups is 1. The Morgan fingerprint density at radius 1 is 1.42 bits per heavy atom. The standard InChI is InChI=1S/C19H22N2O3S2/c1-4-24-17(22)10-15-11-25-19(20-15)26-13(3)18(23)21-12(2)9-14-7-5-6-8-16(14)21/h5-8,11-13H,4,9-10H2,1-3H3/t12-,13-/m0/s1. The molecule has 0 aliphatic carbocycles. The molecule has 2 heterocycles. The summed E-state index contributed by atoms with van der Waals surface area (Å²) in [4.78, 5) is 30.9. The second kappa shape index (κ2) is 8.22. The first-order valence-corrected chi connectivity index (χ1v) is 10.4. The lowest BCUT2D eigenvalue weighted by molar-refractivity contribution is -0.142. The van der Waals surface area contributed by atoms with E-state index in [1.165, 1.54) is 28.7 Å². The van der Waals surface area contributed by atoms with Crippen LogP contribution in [0.1, 0.15) is 32.0 Å². The molecule has 1 aromatic heterocycles. The van der Waals surface area contributed by atoms with Crippen LogP contribution in [0.3, 0.4) is 0 Å². The highest BCUT2D eigenvalue weighted by atomic mass is 32.2. The van der Waals surface area contributed by atoms with E-state index in [1.807, 2.05) is 35.4 Å². The predicted molar refractivity (Wildman–Crippen MR) is 105 cm³/mol. The lowest BCUT2D eigenvalue weighted by Crippen LogP contribution is -2.40. The lowest BCUT2D eigenvalue weighted by Gasteiger charge is -2.25. The second-order valence-electron chi connectivity index (χ2n) is 6.24. The minimum absolute atomic E-state index is 0.0922. The molecule has 0 N–H and O–H groups in total. The van der Waals surface area contributed by atoms with Crippen LogP contribution in [0.4, 0.5) is 5.69 Å². The minimum Gasteiger partial charge on any atom is -0.466 e. The van der Waals surface area contributed by atoms with Crippen LogP contribution in [-0.2, 0) is 27.2 Å². The summed E-state index contributed by atoms with van der Waals surface area (Å²) in [5.41, 5.74) is 2.92. The molecule has 0 saturated heterocycles. The number of fused-ring (bicyclic) bond motifs is 1. The number of thiazole rings is 1. The lowest BCUT2D eigenvalue weighted by atomic mass is 10.1. The third-order valence-corrected chi connectivity index (χ3v) is 6.34. The van der Waals surface area contributed by atoms with Crippen molar-refractivity contribution in [1.82, 2.24) is 4.98 Å². The number of amides is 1. The van der Waals surface area contributed by atoms with Crippen LogP contribution in [0.25, 0.3) is 0 Å². The molecular formula is C19H22N2O3S2. The van der Waals surface area contributed by atoms with E-state index >= 15 is 0 Å². The first-order chi connectivity index (χ1) is 12.5. The second-order valence-corrected chi connectivity index (χ2v) is 8.68. The molecule has 0 saturated carbocycles. The summed E-state index contributed by atoms with van der Waals surface area (Å²) in [5, 5.41) is 1.61. The molecule has 2 aromatic rings. The van der Waals surface area contributed by atoms with Crippen molar-refractivity contribution in [2.45, 2.75) is 49.2 Å². The number of hydrogen-bond donors (Lipinski definition) is 0. The maximum absolute atomic E-state index is 13.0. The molecule has 0 bridgehead atoms. The van der Waals surface area contributed by atoms with Gasteiger partial charge < -0.3 is 9.64 Å². The molecule has 0 unspecified atom stereocenters. The zero-order chi connectivity index (χ0) is 18.7. The average molecular weight is 391 g/mol. The van der Waals surface area contributed by atoms with Crippen molar-refractivity contribution in [3.05, 3.63) is 40.9 Å². The number of benzene rings is 1. The Balaban J connectivity index is 1.65. The van der Waals surface area contributed by atoms with Gasteiger partial charge in [-0.15, -0.1) is 11.3 Å². The fraction of sp³-hybridized carbons (Fsp3) is 0.421. The van der Waals surface area contributed by atoms with E-state index in [0.717, 1.165) is 16.4 Å². The first kappa shape index (κ1) is 18.9. The normalized spacial score (nSPS) is 17.0. The number of esters is 1. The zero-order valence-electron chi connectivity index (χ0n) is 15.1. The minimum atomic E-state index is -0.277. The van der Waals surface area contributed by atoms with E-state index in [9.17, 15) is 9.59 Å². The summed E-state index contributed by atoms with van der Waals surface area (Å²) >= 11 is 2.90. The number of hydrogen-bond acceptors (Lipinski definition) is 6. The molecule has 0 spiro atoms. The number of para-hydroxylation sites is 1. The largest absolute Gasteiger partial charge is 0.466 e. The van der Waals surface area contributed by atoms with E-state index in [-0.39, 0.29) is 29.6 Å². The Hall–Kier alpha value is -1.86. The number of rotatable bonds is 6. The highest BCUT2D eigenvalue weighted by Crippen LogP contribution is 2.35. The van der Waals surface area contributed by atoms with Gasteiger partial charge in [0.25, 0.3) is 0 Å². The van der Waals surface area contributed by atoms with Crippen LogP contribution in [-0.4, -0.2) is 34.8 Å². The molecule has 1 aromatic carbocycles. The Morgan fingerprint density at radius 2 is 2.19 bits per heavy atom. The smallest absolute Gasteiger partial charge is 0.311 e. The molecule has 1 amide bonds. The highest BCUT2D eigenvalue weighted by molar-refractivity contribution is 8.02. The maximum atomic E-state index is 13.0. The predicted octanol–water partition coefficient (Wildman–Crippen LogP) is 3.71. The SMILES string of the molecule is CCOC(=O)Cc1csc(S[C@@H](C)C(=O)N2c3ccccc3C[C@@H]2C)n1. The van der Waals surface area contributed by atoms with Crippen molar-refractivity contribution in [2.75, 3.05) is 11.5 Å². The van der Waals surface area contributed by atoms with Gasteiger partial charge in [0.05, 0.1) is 24.0 Å². The molecule has 0 fully saturated rings. The molecule has 138 valence electrons. The van der Waals surface area contributed by atoms with Crippen molar-refractivity contribution in [2.24, 2.45) is 0 Å². The Labute approximate surface area is 161 Å². The number of ether oxygens (including phenoxy) is 1. The number of anilines is 1. The average Bonchev–Trinajstić information content (AvgIpc) is 3.17. The highest BCUT2D eigenvalue weighted by Gasteiger charge is 2.33. The van der Waals surface area contributed by atoms with Crippen LogP contribution in [0, 0.1) is 0 Å². The van der Waals surface area contributed by atoms with Crippen LogP contribution in [0.5, 0.6) is 0 Å². The summed E-state index contributed by atoms with van der Waals surface area (Å²) < 4.78 is 5.74. The molecule has 1 aliphatic heterocycles. The fourth-order valence-corrected chi connectivity index (χ4v) is 5.11. The molecule has 7 heteroatoms. The number of carbonyl (C=O) groups excluding carboxylic acids is 2. The molecule has 5 nitrogen and oxygen atoms in total. The van der Waals surface area contributed by atoms with Gasteiger partial charge in [-0.2, -0.15) is 0 Å².